The third kappa shape index (κ3) is 22.7. The van der Waals surface area contributed by atoms with Crippen molar-refractivity contribution in [3.8, 4) is 0 Å². The lowest BCUT2D eigenvalue weighted by Crippen LogP contribution is -3.11. The molecule has 0 aliphatic carbocycles. The Kier molecular flexibility index (Phi) is 23.9. The second kappa shape index (κ2) is 22.2. The molecule has 0 aromatic rings. The van der Waals surface area contributed by atoms with E-state index in [1.54, 1.807) is 6.92 Å². The van der Waals surface area contributed by atoms with Crippen LogP contribution >= 0.6 is 7.82 Å². The predicted octanol–water partition coefficient (Wildman–Crippen LogP) is 4.64. The molecule has 2 unspecified atom stereocenters. The summed E-state index contributed by atoms with van der Waals surface area (Å²) in [5, 5.41) is 0. The molecular formula is C23H53N2O4P. The van der Waals surface area contributed by atoms with Crippen molar-refractivity contribution in [2.24, 2.45) is 0 Å². The van der Waals surface area contributed by atoms with Gasteiger partial charge in [0.15, 0.2) is 0 Å². The molecule has 1 N–H and O–H groups in total. The summed E-state index contributed by atoms with van der Waals surface area (Å²) in [5.74, 6) is 0. The van der Waals surface area contributed by atoms with Crippen molar-refractivity contribution < 1.29 is 23.4 Å². The van der Waals surface area contributed by atoms with Crippen molar-refractivity contribution in [1.82, 2.24) is 4.90 Å². The van der Waals surface area contributed by atoms with Crippen molar-refractivity contribution >= 4 is 7.82 Å². The number of hydrogen-bond acceptors (Lipinski definition) is 5. The van der Waals surface area contributed by atoms with E-state index < -0.39 is 7.82 Å². The molecule has 0 aromatic heterocycles. The molecule has 0 aliphatic rings. The molecule has 0 heterocycles. The highest BCUT2D eigenvalue weighted by atomic mass is 31.2. The summed E-state index contributed by atoms with van der Waals surface area (Å²) in [6, 6.07) is 0. The Morgan fingerprint density at radius 3 is 1.53 bits per heavy atom. The Morgan fingerprint density at radius 2 is 1.23 bits per heavy atom. The molecule has 7 heteroatoms. The van der Waals surface area contributed by atoms with Gasteiger partial charge in [0.2, 0.25) is 0 Å². The Bertz CT molecular complexity index is 387. The zero-order chi connectivity index (χ0) is 23.3. The van der Waals surface area contributed by atoms with Crippen molar-refractivity contribution in [1.29, 1.82) is 0 Å². The first kappa shape index (κ1) is 32.2. The molecule has 0 amide bonds. The fourth-order valence-corrected chi connectivity index (χ4v) is 4.35. The van der Waals surface area contributed by atoms with Crippen molar-refractivity contribution in [2.45, 2.75) is 110 Å². The molecule has 0 saturated carbocycles. The first-order chi connectivity index (χ1) is 14.2. The fourth-order valence-electron chi connectivity index (χ4n) is 3.60. The summed E-state index contributed by atoms with van der Waals surface area (Å²) < 4.78 is 20.4. The Hall–Kier alpha value is 0.0300. The molecule has 2 atom stereocenters. The van der Waals surface area contributed by atoms with Crippen LogP contribution in [0.1, 0.15) is 104 Å². The molecule has 0 spiro atoms. The number of nitrogens with one attached hydrogen (secondary N) is 1. The van der Waals surface area contributed by atoms with Gasteiger partial charge in [0.1, 0.15) is 6.17 Å². The van der Waals surface area contributed by atoms with Crippen LogP contribution < -0.4 is 9.79 Å². The second-order valence-corrected chi connectivity index (χ2v) is 9.96. The van der Waals surface area contributed by atoms with Crippen LogP contribution in [0.4, 0.5) is 0 Å². The highest BCUT2D eigenvalue weighted by Crippen LogP contribution is 2.37. The quantitative estimate of drug-likeness (QED) is 0.176. The van der Waals surface area contributed by atoms with Crippen LogP contribution in [-0.4, -0.2) is 52.5 Å². The largest absolute Gasteiger partial charge is 0.756 e. The van der Waals surface area contributed by atoms with E-state index in [-0.39, 0.29) is 13.2 Å². The summed E-state index contributed by atoms with van der Waals surface area (Å²) in [6.45, 7) is 6.49. The molecule has 0 aromatic carbocycles. The van der Waals surface area contributed by atoms with Gasteiger partial charge in [-0.2, -0.15) is 0 Å². The molecule has 0 saturated heterocycles. The monoisotopic (exact) mass is 452 g/mol. The number of phosphoric ester groups is 1. The number of hydrogen-bond donors (Lipinski definition) is 1. The third-order valence-corrected chi connectivity index (χ3v) is 6.28. The highest BCUT2D eigenvalue weighted by Gasteiger charge is 2.13. The average Bonchev–Trinajstić information content (AvgIpc) is 2.66. The predicted molar refractivity (Wildman–Crippen MR) is 127 cm³/mol. The summed E-state index contributed by atoms with van der Waals surface area (Å²) in [6.07, 6.45) is 17.0. The Morgan fingerprint density at radius 1 is 0.800 bits per heavy atom. The Balaban J connectivity index is 0. The topological polar surface area (TPSA) is 66.3 Å². The minimum absolute atomic E-state index is 0.138. The van der Waals surface area contributed by atoms with Crippen LogP contribution in [0.3, 0.4) is 0 Å². The van der Waals surface area contributed by atoms with Gasteiger partial charge in [0.05, 0.1) is 27.3 Å². The fraction of sp³-hybridized carbons (Fsp3) is 1.00. The van der Waals surface area contributed by atoms with Crippen molar-refractivity contribution in [2.75, 3.05) is 41.4 Å². The molecule has 184 valence electrons. The van der Waals surface area contributed by atoms with Crippen molar-refractivity contribution in [3.05, 3.63) is 0 Å². The van der Waals surface area contributed by atoms with Gasteiger partial charge in [-0.05, 0) is 27.4 Å². The van der Waals surface area contributed by atoms with Gasteiger partial charge in [-0.25, -0.2) is 0 Å². The van der Waals surface area contributed by atoms with Gasteiger partial charge in [-0.3, -0.25) is 9.46 Å². The summed E-state index contributed by atoms with van der Waals surface area (Å²) in [5.41, 5.74) is 0. The number of nitrogens with zero attached hydrogens (tertiary/aromatic N) is 1. The van der Waals surface area contributed by atoms with Crippen molar-refractivity contribution in [3.63, 3.8) is 0 Å². The lowest BCUT2D eigenvalue weighted by molar-refractivity contribution is -0.898. The second-order valence-electron chi connectivity index (χ2n) is 8.55. The highest BCUT2D eigenvalue weighted by molar-refractivity contribution is 7.45. The zero-order valence-corrected chi connectivity index (χ0v) is 22.1. The van der Waals surface area contributed by atoms with Gasteiger partial charge in [-0.15, -0.1) is 0 Å². The maximum Gasteiger partial charge on any atom is 0.267 e. The van der Waals surface area contributed by atoms with E-state index in [1.165, 1.54) is 69.1 Å². The smallest absolute Gasteiger partial charge is 0.267 e. The van der Waals surface area contributed by atoms with Crippen LogP contribution in [0.2, 0.25) is 0 Å². The van der Waals surface area contributed by atoms with E-state index in [0.29, 0.717) is 6.17 Å². The SMILES string of the molecule is CCC(N(C)C)[NH+](C)C.CCCCCCCCCCCCCCOP(=O)([O-])OCC. The lowest BCUT2D eigenvalue weighted by atomic mass is 10.1. The van der Waals surface area contributed by atoms with Gasteiger partial charge in [0, 0.05) is 6.42 Å². The molecular weight excluding hydrogens is 399 g/mol. The zero-order valence-electron chi connectivity index (χ0n) is 21.2. The van der Waals surface area contributed by atoms with Crippen LogP contribution in [0.25, 0.3) is 0 Å². The Labute approximate surface area is 188 Å². The van der Waals surface area contributed by atoms with E-state index in [9.17, 15) is 9.46 Å². The van der Waals surface area contributed by atoms with E-state index in [1.807, 2.05) is 0 Å². The van der Waals surface area contributed by atoms with Gasteiger partial charge >= 0.3 is 0 Å². The normalized spacial score (nSPS) is 14.5. The maximum atomic E-state index is 11.1. The van der Waals surface area contributed by atoms with Crippen LogP contribution in [0.5, 0.6) is 0 Å². The molecule has 0 fully saturated rings. The van der Waals surface area contributed by atoms with E-state index >= 15 is 0 Å². The summed E-state index contributed by atoms with van der Waals surface area (Å²) >= 11 is 0. The van der Waals surface area contributed by atoms with Crippen LogP contribution in [0, 0.1) is 0 Å². The number of rotatable bonds is 19. The van der Waals surface area contributed by atoms with Gasteiger partial charge in [0.25, 0.3) is 7.82 Å². The molecule has 0 radical (unpaired) electrons. The first-order valence-electron chi connectivity index (χ1n) is 12.3. The van der Waals surface area contributed by atoms with Crippen LogP contribution in [0.15, 0.2) is 0 Å². The number of quaternary nitrogens is 1. The molecule has 30 heavy (non-hydrogen) atoms. The van der Waals surface area contributed by atoms with E-state index in [2.05, 4.69) is 51.5 Å². The third-order valence-electron chi connectivity index (χ3n) is 5.21. The van der Waals surface area contributed by atoms with E-state index in [0.717, 1.165) is 19.3 Å². The molecule has 0 rings (SSSR count). The maximum absolute atomic E-state index is 11.1. The molecule has 6 nitrogen and oxygen atoms in total. The van der Waals surface area contributed by atoms with Gasteiger partial charge in [-0.1, -0.05) is 84.5 Å². The number of phosphoric acid groups is 1. The summed E-state index contributed by atoms with van der Waals surface area (Å²) in [7, 11) is 4.60. The molecule has 0 bridgehead atoms. The lowest BCUT2D eigenvalue weighted by Gasteiger charge is -2.25. The van der Waals surface area contributed by atoms with E-state index in [4.69, 9.17) is 4.52 Å². The number of unbranched alkanes of at least 4 members (excludes halogenated alkanes) is 11. The standard InChI is InChI=1S/C16H35O4P.C7H18N2/c1-3-5-6-7-8-9-10-11-12-13-14-15-16-20-21(17,18)19-4-2;1-6-7(8(2)3)9(4)5/h3-16H2,1-2H3,(H,17,18);7H,6H2,1-5H3. The summed E-state index contributed by atoms with van der Waals surface area (Å²) in [4.78, 5) is 14.9. The van der Waals surface area contributed by atoms with Gasteiger partial charge < -0.3 is 18.8 Å². The average molecular weight is 453 g/mol. The minimum Gasteiger partial charge on any atom is -0.756 e. The molecule has 0 aliphatic heterocycles. The van der Waals surface area contributed by atoms with Crippen LogP contribution in [-0.2, 0) is 13.6 Å². The minimum atomic E-state index is -4.02. The first-order valence-corrected chi connectivity index (χ1v) is 13.7.